The lowest BCUT2D eigenvalue weighted by atomic mass is 10.1. The van der Waals surface area contributed by atoms with Gasteiger partial charge in [0.2, 0.25) is 10.0 Å². The molecule has 116 valence electrons. The van der Waals surface area contributed by atoms with Gasteiger partial charge in [0.15, 0.2) is 0 Å². The molecule has 0 aliphatic rings. The van der Waals surface area contributed by atoms with E-state index in [4.69, 9.17) is 5.21 Å². The van der Waals surface area contributed by atoms with Gasteiger partial charge in [0, 0.05) is 0 Å². The van der Waals surface area contributed by atoms with Crippen LogP contribution in [-0.4, -0.2) is 25.6 Å². The summed E-state index contributed by atoms with van der Waals surface area (Å²) in [5.74, 6) is -0.816. The molecule has 0 aliphatic carbocycles. The molecule has 2 rings (SSSR count). The fourth-order valence-corrected chi connectivity index (χ4v) is 3.19. The smallest absolute Gasteiger partial charge is 0.261 e. The van der Waals surface area contributed by atoms with E-state index in [0.717, 1.165) is 5.56 Å². The third-order valence-corrected chi connectivity index (χ3v) is 4.55. The molecule has 3 N–H and O–H groups in total. The highest BCUT2D eigenvalue weighted by molar-refractivity contribution is 7.89. The van der Waals surface area contributed by atoms with Crippen LogP contribution in [0.3, 0.4) is 0 Å². The van der Waals surface area contributed by atoms with Crippen LogP contribution in [0.5, 0.6) is 0 Å². The standard InChI is InChI=1S/C15H16N2O4S/c18-15(16-19)14(11-12-7-3-1-4-8-12)17-22(20,21)13-9-5-2-6-10-13/h1-10,14,17,19H,11H2,(H,16,18)/t14-/m0/s1. The highest BCUT2D eigenvalue weighted by Gasteiger charge is 2.25. The van der Waals surface area contributed by atoms with Gasteiger partial charge in [-0.1, -0.05) is 48.5 Å². The predicted octanol–water partition coefficient (Wildman–Crippen LogP) is 1.08. The Balaban J connectivity index is 2.22. The topological polar surface area (TPSA) is 95.5 Å². The van der Waals surface area contributed by atoms with Gasteiger partial charge in [-0.2, -0.15) is 4.72 Å². The number of amides is 1. The van der Waals surface area contributed by atoms with Gasteiger partial charge in [0.25, 0.3) is 5.91 Å². The van der Waals surface area contributed by atoms with Crippen LogP contribution >= 0.6 is 0 Å². The normalized spacial score (nSPS) is 12.6. The third kappa shape index (κ3) is 4.14. The van der Waals surface area contributed by atoms with Gasteiger partial charge in [0.05, 0.1) is 4.90 Å². The SMILES string of the molecule is O=C(NO)[C@H](Cc1ccccc1)NS(=O)(=O)c1ccccc1. The van der Waals surface area contributed by atoms with Crippen molar-refractivity contribution in [1.29, 1.82) is 0 Å². The van der Waals surface area contributed by atoms with E-state index in [1.807, 2.05) is 6.07 Å². The lowest BCUT2D eigenvalue weighted by molar-refractivity contribution is -0.130. The van der Waals surface area contributed by atoms with Gasteiger partial charge in [-0.3, -0.25) is 10.0 Å². The average molecular weight is 320 g/mol. The zero-order valence-corrected chi connectivity index (χ0v) is 12.5. The molecule has 0 aliphatic heterocycles. The van der Waals surface area contributed by atoms with Crippen molar-refractivity contribution in [3.05, 3.63) is 66.2 Å². The van der Waals surface area contributed by atoms with Crippen molar-refractivity contribution >= 4 is 15.9 Å². The van der Waals surface area contributed by atoms with Gasteiger partial charge < -0.3 is 0 Å². The van der Waals surface area contributed by atoms with E-state index < -0.39 is 22.0 Å². The summed E-state index contributed by atoms with van der Waals surface area (Å²) in [6.45, 7) is 0. The summed E-state index contributed by atoms with van der Waals surface area (Å²) in [5, 5.41) is 8.82. The first kappa shape index (κ1) is 16.2. The van der Waals surface area contributed by atoms with Crippen molar-refractivity contribution in [2.45, 2.75) is 17.4 Å². The van der Waals surface area contributed by atoms with E-state index in [-0.39, 0.29) is 11.3 Å². The Morgan fingerprint density at radius 2 is 1.55 bits per heavy atom. The Labute approximate surface area is 128 Å². The van der Waals surface area contributed by atoms with Crippen LogP contribution in [0.2, 0.25) is 0 Å². The molecule has 1 atom stereocenters. The van der Waals surface area contributed by atoms with Crippen LogP contribution in [0.25, 0.3) is 0 Å². The highest BCUT2D eigenvalue weighted by Crippen LogP contribution is 2.10. The molecule has 0 fully saturated rings. The maximum atomic E-state index is 12.3. The highest BCUT2D eigenvalue weighted by atomic mass is 32.2. The van der Waals surface area contributed by atoms with Gasteiger partial charge >= 0.3 is 0 Å². The fourth-order valence-electron chi connectivity index (χ4n) is 1.97. The van der Waals surface area contributed by atoms with Crippen LogP contribution in [0.15, 0.2) is 65.6 Å². The molecule has 2 aromatic rings. The number of carbonyl (C=O) groups excluding carboxylic acids is 1. The number of nitrogens with one attached hydrogen (secondary N) is 2. The van der Waals surface area contributed by atoms with Gasteiger partial charge in [-0.05, 0) is 24.1 Å². The number of hydroxylamine groups is 1. The number of rotatable bonds is 6. The second-order valence-electron chi connectivity index (χ2n) is 4.65. The minimum atomic E-state index is -3.86. The molecule has 0 spiro atoms. The zero-order chi connectivity index (χ0) is 16.0. The van der Waals surface area contributed by atoms with Crippen LogP contribution in [-0.2, 0) is 21.2 Å². The quantitative estimate of drug-likeness (QED) is 0.548. The van der Waals surface area contributed by atoms with Crippen molar-refractivity contribution in [2.24, 2.45) is 0 Å². The summed E-state index contributed by atoms with van der Waals surface area (Å²) in [4.78, 5) is 11.8. The monoisotopic (exact) mass is 320 g/mol. The van der Waals surface area contributed by atoms with Crippen molar-refractivity contribution in [3.8, 4) is 0 Å². The molecule has 2 aromatic carbocycles. The molecule has 0 heterocycles. The van der Waals surface area contributed by atoms with E-state index in [1.165, 1.54) is 17.6 Å². The van der Waals surface area contributed by atoms with E-state index in [2.05, 4.69) is 4.72 Å². The maximum Gasteiger partial charge on any atom is 0.261 e. The van der Waals surface area contributed by atoms with Crippen LogP contribution in [0.1, 0.15) is 5.56 Å². The number of hydrogen-bond acceptors (Lipinski definition) is 4. The third-order valence-electron chi connectivity index (χ3n) is 3.06. The maximum absolute atomic E-state index is 12.3. The minimum absolute atomic E-state index is 0.0544. The fraction of sp³-hybridized carbons (Fsp3) is 0.133. The number of sulfonamides is 1. The van der Waals surface area contributed by atoms with E-state index >= 15 is 0 Å². The molecule has 1 amide bonds. The first-order valence-electron chi connectivity index (χ1n) is 6.58. The Hall–Kier alpha value is -2.22. The molecule has 0 aromatic heterocycles. The predicted molar refractivity (Wildman–Crippen MR) is 80.6 cm³/mol. The molecule has 0 unspecified atom stereocenters. The minimum Gasteiger partial charge on any atom is -0.289 e. The van der Waals surface area contributed by atoms with Crippen LogP contribution < -0.4 is 10.2 Å². The van der Waals surface area contributed by atoms with Crippen LogP contribution in [0, 0.1) is 0 Å². The Morgan fingerprint density at radius 1 is 1.00 bits per heavy atom. The van der Waals surface area contributed by atoms with Crippen molar-refractivity contribution in [3.63, 3.8) is 0 Å². The second-order valence-corrected chi connectivity index (χ2v) is 6.37. The van der Waals surface area contributed by atoms with E-state index in [9.17, 15) is 13.2 Å². The first-order valence-corrected chi connectivity index (χ1v) is 8.06. The summed E-state index contributed by atoms with van der Waals surface area (Å²) in [6.07, 6.45) is 0.124. The largest absolute Gasteiger partial charge is 0.289 e. The summed E-state index contributed by atoms with van der Waals surface area (Å²) < 4.78 is 26.9. The molecule has 6 nitrogen and oxygen atoms in total. The molecular weight excluding hydrogens is 304 g/mol. The van der Waals surface area contributed by atoms with Gasteiger partial charge in [-0.15, -0.1) is 0 Å². The van der Waals surface area contributed by atoms with Gasteiger partial charge in [0.1, 0.15) is 6.04 Å². The molecule has 0 saturated carbocycles. The number of carbonyl (C=O) groups is 1. The summed E-state index contributed by atoms with van der Waals surface area (Å²) >= 11 is 0. The molecular formula is C15H16N2O4S. The second kappa shape index (κ2) is 7.17. The lowest BCUT2D eigenvalue weighted by Crippen LogP contribution is -2.47. The van der Waals surface area contributed by atoms with E-state index in [1.54, 1.807) is 42.5 Å². The number of hydrogen-bond donors (Lipinski definition) is 3. The Bertz CT molecular complexity index is 718. The van der Waals surface area contributed by atoms with E-state index in [0.29, 0.717) is 0 Å². The lowest BCUT2D eigenvalue weighted by Gasteiger charge is -2.17. The van der Waals surface area contributed by atoms with Crippen molar-refractivity contribution in [2.75, 3.05) is 0 Å². The first-order chi connectivity index (χ1) is 10.5. The molecule has 22 heavy (non-hydrogen) atoms. The Kier molecular flexibility index (Phi) is 5.26. The van der Waals surface area contributed by atoms with Crippen LogP contribution in [0.4, 0.5) is 0 Å². The molecule has 0 radical (unpaired) electrons. The van der Waals surface area contributed by atoms with Crippen molar-refractivity contribution in [1.82, 2.24) is 10.2 Å². The number of benzene rings is 2. The molecule has 0 saturated heterocycles. The van der Waals surface area contributed by atoms with Gasteiger partial charge in [-0.25, -0.2) is 13.9 Å². The Morgan fingerprint density at radius 3 is 2.09 bits per heavy atom. The summed E-state index contributed by atoms with van der Waals surface area (Å²) in [7, 11) is -3.86. The summed E-state index contributed by atoms with van der Waals surface area (Å²) in [5.41, 5.74) is 2.26. The van der Waals surface area contributed by atoms with Crippen molar-refractivity contribution < 1.29 is 18.4 Å². The zero-order valence-electron chi connectivity index (χ0n) is 11.6. The summed E-state index contributed by atoms with van der Waals surface area (Å²) in [6, 6.07) is 15.6. The average Bonchev–Trinajstić information content (AvgIpc) is 2.55. The molecule has 0 bridgehead atoms. The molecule has 7 heteroatoms.